The maximum absolute atomic E-state index is 6.00. The molecule has 0 aliphatic carbocycles. The van der Waals surface area contributed by atoms with Crippen molar-refractivity contribution < 1.29 is 4.74 Å². The first-order valence-electron chi connectivity index (χ1n) is 6.70. The summed E-state index contributed by atoms with van der Waals surface area (Å²) in [4.78, 5) is 0. The number of nitrogens with two attached hydrogens (primary N) is 1. The zero-order valence-corrected chi connectivity index (χ0v) is 11.5. The summed E-state index contributed by atoms with van der Waals surface area (Å²) in [6, 6.07) is 20.2. The number of benzene rings is 3. The molecule has 3 rings (SSSR count). The molecule has 0 fully saturated rings. The van der Waals surface area contributed by atoms with Gasteiger partial charge in [0, 0.05) is 16.5 Å². The molecule has 0 spiro atoms. The van der Waals surface area contributed by atoms with Crippen molar-refractivity contribution in [3.63, 3.8) is 0 Å². The van der Waals surface area contributed by atoms with Crippen molar-refractivity contribution in [3.05, 3.63) is 71.8 Å². The standard InChI is InChI=1S/C18H17NO/c1-13-6-2-3-7-14(13)12-20-18-11-10-17(19)15-8-4-5-9-16(15)18/h2-11H,12,19H2,1H3. The van der Waals surface area contributed by atoms with E-state index in [2.05, 4.69) is 19.1 Å². The highest BCUT2D eigenvalue weighted by atomic mass is 16.5. The Hall–Kier alpha value is -2.48. The van der Waals surface area contributed by atoms with Crippen LogP contribution < -0.4 is 10.5 Å². The van der Waals surface area contributed by atoms with Gasteiger partial charge in [-0.25, -0.2) is 0 Å². The Bertz CT molecular complexity index is 749. The molecule has 0 aromatic heterocycles. The van der Waals surface area contributed by atoms with Crippen molar-refractivity contribution in [2.45, 2.75) is 13.5 Å². The number of aryl methyl sites for hydroxylation is 1. The minimum atomic E-state index is 0.570. The number of rotatable bonds is 3. The molecule has 2 heteroatoms. The van der Waals surface area contributed by atoms with E-state index in [1.165, 1.54) is 11.1 Å². The molecule has 20 heavy (non-hydrogen) atoms. The lowest BCUT2D eigenvalue weighted by Gasteiger charge is -2.12. The van der Waals surface area contributed by atoms with Crippen molar-refractivity contribution >= 4 is 16.5 Å². The van der Waals surface area contributed by atoms with Gasteiger partial charge in [0.15, 0.2) is 0 Å². The molecule has 0 atom stereocenters. The molecule has 0 aliphatic rings. The fraction of sp³-hybridized carbons (Fsp3) is 0.111. The molecule has 2 N–H and O–H groups in total. The lowest BCUT2D eigenvalue weighted by Crippen LogP contribution is -1.98. The van der Waals surface area contributed by atoms with E-state index in [4.69, 9.17) is 10.5 Å². The Morgan fingerprint density at radius 1 is 0.850 bits per heavy atom. The molecule has 0 heterocycles. The van der Waals surface area contributed by atoms with E-state index in [1.54, 1.807) is 0 Å². The number of fused-ring (bicyclic) bond motifs is 1. The summed E-state index contributed by atoms with van der Waals surface area (Å²) in [6.45, 7) is 2.67. The third kappa shape index (κ3) is 2.32. The predicted octanol–water partition coefficient (Wildman–Crippen LogP) is 4.31. The number of ether oxygens (including phenoxy) is 1. The SMILES string of the molecule is Cc1ccccc1COc1ccc(N)c2ccccc12. The van der Waals surface area contributed by atoms with Crippen LogP contribution in [-0.2, 0) is 6.61 Å². The van der Waals surface area contributed by atoms with Crippen molar-refractivity contribution in [3.8, 4) is 5.75 Å². The van der Waals surface area contributed by atoms with Crippen LogP contribution in [0, 0.1) is 6.92 Å². The molecule has 100 valence electrons. The van der Waals surface area contributed by atoms with Gasteiger partial charge in [-0.3, -0.25) is 0 Å². The maximum Gasteiger partial charge on any atom is 0.127 e. The summed E-state index contributed by atoms with van der Waals surface area (Å²) in [5.74, 6) is 0.873. The minimum absolute atomic E-state index is 0.570. The van der Waals surface area contributed by atoms with Gasteiger partial charge in [0.05, 0.1) is 0 Å². The second-order valence-corrected chi connectivity index (χ2v) is 4.91. The topological polar surface area (TPSA) is 35.2 Å². The van der Waals surface area contributed by atoms with Crippen LogP contribution in [0.4, 0.5) is 5.69 Å². The van der Waals surface area contributed by atoms with Gasteiger partial charge in [0.1, 0.15) is 12.4 Å². The van der Waals surface area contributed by atoms with Gasteiger partial charge in [-0.2, -0.15) is 0 Å². The van der Waals surface area contributed by atoms with Gasteiger partial charge >= 0.3 is 0 Å². The molecule has 3 aromatic rings. The quantitative estimate of drug-likeness (QED) is 0.715. The number of hydrogen-bond donors (Lipinski definition) is 1. The summed E-state index contributed by atoms with van der Waals surface area (Å²) in [5, 5.41) is 2.09. The van der Waals surface area contributed by atoms with Crippen LogP contribution >= 0.6 is 0 Å². The molecule has 0 amide bonds. The van der Waals surface area contributed by atoms with Crippen LogP contribution in [-0.4, -0.2) is 0 Å². The van der Waals surface area contributed by atoms with Gasteiger partial charge in [-0.15, -0.1) is 0 Å². The lowest BCUT2D eigenvalue weighted by molar-refractivity contribution is 0.309. The first kappa shape index (κ1) is 12.5. The van der Waals surface area contributed by atoms with E-state index in [-0.39, 0.29) is 0 Å². The summed E-state index contributed by atoms with van der Waals surface area (Å²) in [7, 11) is 0. The molecule has 3 aromatic carbocycles. The molecule has 0 saturated carbocycles. The van der Waals surface area contributed by atoms with E-state index in [1.807, 2.05) is 48.5 Å². The smallest absolute Gasteiger partial charge is 0.127 e. The molecule has 0 bridgehead atoms. The van der Waals surface area contributed by atoms with Crippen LogP contribution in [0.3, 0.4) is 0 Å². The van der Waals surface area contributed by atoms with E-state index in [0.29, 0.717) is 6.61 Å². The fourth-order valence-corrected chi connectivity index (χ4v) is 2.35. The van der Waals surface area contributed by atoms with Crippen LogP contribution in [0.2, 0.25) is 0 Å². The van der Waals surface area contributed by atoms with Crippen LogP contribution in [0.5, 0.6) is 5.75 Å². The van der Waals surface area contributed by atoms with Gasteiger partial charge in [0.25, 0.3) is 0 Å². The van der Waals surface area contributed by atoms with Gasteiger partial charge in [0.2, 0.25) is 0 Å². The van der Waals surface area contributed by atoms with Gasteiger partial charge in [-0.1, -0.05) is 48.5 Å². The van der Waals surface area contributed by atoms with Crippen LogP contribution in [0.1, 0.15) is 11.1 Å². The predicted molar refractivity (Wildman–Crippen MR) is 83.9 cm³/mol. The minimum Gasteiger partial charge on any atom is -0.488 e. The Balaban J connectivity index is 1.92. The average molecular weight is 263 g/mol. The fourth-order valence-electron chi connectivity index (χ4n) is 2.35. The Morgan fingerprint density at radius 3 is 2.35 bits per heavy atom. The third-order valence-electron chi connectivity index (χ3n) is 3.56. The first-order valence-corrected chi connectivity index (χ1v) is 6.70. The molecule has 2 nitrogen and oxygen atoms in total. The van der Waals surface area contributed by atoms with Crippen LogP contribution in [0.25, 0.3) is 10.8 Å². The van der Waals surface area contributed by atoms with E-state index in [9.17, 15) is 0 Å². The molecule has 0 radical (unpaired) electrons. The molecule has 0 unspecified atom stereocenters. The van der Waals surface area contributed by atoms with Crippen LogP contribution in [0.15, 0.2) is 60.7 Å². The number of hydrogen-bond acceptors (Lipinski definition) is 2. The lowest BCUT2D eigenvalue weighted by atomic mass is 10.1. The largest absolute Gasteiger partial charge is 0.488 e. The molecular weight excluding hydrogens is 246 g/mol. The number of anilines is 1. The van der Waals surface area contributed by atoms with E-state index >= 15 is 0 Å². The summed E-state index contributed by atoms with van der Waals surface area (Å²) < 4.78 is 5.99. The second-order valence-electron chi connectivity index (χ2n) is 4.91. The summed E-state index contributed by atoms with van der Waals surface area (Å²) in [6.07, 6.45) is 0. The zero-order valence-electron chi connectivity index (χ0n) is 11.5. The maximum atomic E-state index is 6.00. The van der Waals surface area contributed by atoms with Crippen molar-refractivity contribution in [2.24, 2.45) is 0 Å². The third-order valence-corrected chi connectivity index (χ3v) is 3.56. The van der Waals surface area contributed by atoms with Crippen molar-refractivity contribution in [2.75, 3.05) is 5.73 Å². The first-order chi connectivity index (χ1) is 9.75. The molecule has 0 saturated heterocycles. The van der Waals surface area contributed by atoms with Gasteiger partial charge < -0.3 is 10.5 Å². The van der Waals surface area contributed by atoms with E-state index in [0.717, 1.165) is 22.2 Å². The Kier molecular flexibility index (Phi) is 3.30. The molecular formula is C18H17NO. The van der Waals surface area contributed by atoms with Gasteiger partial charge in [-0.05, 0) is 30.2 Å². The highest BCUT2D eigenvalue weighted by Gasteiger charge is 2.05. The average Bonchev–Trinajstić information content (AvgIpc) is 2.48. The molecule has 0 aliphatic heterocycles. The van der Waals surface area contributed by atoms with Crippen molar-refractivity contribution in [1.82, 2.24) is 0 Å². The number of nitrogen functional groups attached to an aromatic ring is 1. The van der Waals surface area contributed by atoms with Crippen molar-refractivity contribution in [1.29, 1.82) is 0 Å². The Labute approximate surface area is 118 Å². The highest BCUT2D eigenvalue weighted by Crippen LogP contribution is 2.30. The second kappa shape index (κ2) is 5.25. The van der Waals surface area contributed by atoms with E-state index < -0.39 is 0 Å². The summed E-state index contributed by atoms with van der Waals surface area (Å²) in [5.41, 5.74) is 9.23. The zero-order chi connectivity index (χ0) is 13.9. The normalized spacial score (nSPS) is 10.7. The summed E-state index contributed by atoms with van der Waals surface area (Å²) >= 11 is 0. The Morgan fingerprint density at radius 2 is 1.55 bits per heavy atom. The highest BCUT2D eigenvalue weighted by molar-refractivity contribution is 5.96. The monoisotopic (exact) mass is 263 g/mol.